The number of carboxylic acids is 1. The van der Waals surface area contributed by atoms with Crippen LogP contribution in [0.1, 0.15) is 43.2 Å². The van der Waals surface area contributed by atoms with Crippen molar-refractivity contribution in [1.82, 2.24) is 0 Å². The third-order valence-electron chi connectivity index (χ3n) is 4.21. The fourth-order valence-corrected chi connectivity index (χ4v) is 3.70. The summed E-state index contributed by atoms with van der Waals surface area (Å²) in [7, 11) is 1.33. The van der Waals surface area contributed by atoms with Gasteiger partial charge >= 0.3 is 12.1 Å². The van der Waals surface area contributed by atoms with Gasteiger partial charge in [0, 0.05) is 5.56 Å². The Hall–Kier alpha value is -1.24. The summed E-state index contributed by atoms with van der Waals surface area (Å²) in [4.78, 5) is 11.9. The number of aliphatic carboxylic acids is 1. The highest BCUT2D eigenvalue weighted by Crippen LogP contribution is 2.48. The van der Waals surface area contributed by atoms with Gasteiger partial charge in [-0.05, 0) is 40.9 Å². The quantitative estimate of drug-likeness (QED) is 0.821. The maximum atomic E-state index is 13.1. The summed E-state index contributed by atoms with van der Waals surface area (Å²) in [5, 5.41) is 9.69. The van der Waals surface area contributed by atoms with E-state index in [1.54, 1.807) is 0 Å². The SMILES string of the molecule is COc1c(Br)cc(C(F)(F)F)cc1C1(C(=O)O)CCCCC1. The molecular weight excluding hydrogens is 365 g/mol. The number of methoxy groups -OCH3 is 1. The van der Waals surface area contributed by atoms with Gasteiger partial charge in [-0.2, -0.15) is 13.2 Å². The highest BCUT2D eigenvalue weighted by molar-refractivity contribution is 9.10. The van der Waals surface area contributed by atoms with Gasteiger partial charge in [0.05, 0.1) is 22.6 Å². The molecule has 3 nitrogen and oxygen atoms in total. The fourth-order valence-electron chi connectivity index (χ4n) is 3.07. The van der Waals surface area contributed by atoms with Crippen LogP contribution in [0, 0.1) is 0 Å². The normalized spacial score (nSPS) is 18.0. The van der Waals surface area contributed by atoms with Gasteiger partial charge in [-0.25, -0.2) is 0 Å². The van der Waals surface area contributed by atoms with Gasteiger partial charge in [-0.1, -0.05) is 19.3 Å². The van der Waals surface area contributed by atoms with Gasteiger partial charge in [-0.3, -0.25) is 4.79 Å². The van der Waals surface area contributed by atoms with Crippen LogP contribution < -0.4 is 4.74 Å². The van der Waals surface area contributed by atoms with Gasteiger partial charge in [-0.15, -0.1) is 0 Å². The fraction of sp³-hybridized carbons (Fsp3) is 0.533. The van der Waals surface area contributed by atoms with E-state index < -0.39 is 23.1 Å². The van der Waals surface area contributed by atoms with Crippen LogP contribution in [0.3, 0.4) is 0 Å². The standard InChI is InChI=1S/C15H16BrF3O3/c1-22-12-10(7-9(8-11(12)16)15(17,18)19)14(13(20)21)5-3-2-4-6-14/h7-8H,2-6H2,1H3,(H,20,21). The zero-order chi connectivity index (χ0) is 16.5. The molecule has 0 aromatic heterocycles. The first-order valence-corrected chi connectivity index (χ1v) is 7.70. The van der Waals surface area contributed by atoms with E-state index in [0.29, 0.717) is 25.7 Å². The number of rotatable bonds is 3. The Balaban J connectivity index is 2.70. The van der Waals surface area contributed by atoms with Crippen molar-refractivity contribution < 1.29 is 27.8 Å². The third-order valence-corrected chi connectivity index (χ3v) is 4.80. The lowest BCUT2D eigenvalue weighted by atomic mass is 9.69. The van der Waals surface area contributed by atoms with E-state index in [2.05, 4.69) is 15.9 Å². The summed E-state index contributed by atoms with van der Waals surface area (Å²) in [6.07, 6.45) is -1.69. The molecule has 0 spiro atoms. The molecule has 1 aliphatic rings. The molecule has 0 heterocycles. The molecule has 1 saturated carbocycles. The molecule has 122 valence electrons. The predicted octanol–water partition coefficient (Wildman–Crippen LogP) is 4.76. The van der Waals surface area contributed by atoms with Crippen molar-refractivity contribution in [2.45, 2.75) is 43.7 Å². The van der Waals surface area contributed by atoms with Crippen molar-refractivity contribution in [3.63, 3.8) is 0 Å². The average Bonchev–Trinajstić information content (AvgIpc) is 2.46. The molecule has 7 heteroatoms. The minimum Gasteiger partial charge on any atom is -0.495 e. The van der Waals surface area contributed by atoms with Crippen molar-refractivity contribution in [2.24, 2.45) is 0 Å². The van der Waals surface area contributed by atoms with Gasteiger partial charge in [0.2, 0.25) is 0 Å². The van der Waals surface area contributed by atoms with Gasteiger partial charge in [0.25, 0.3) is 0 Å². The molecule has 0 aliphatic heterocycles. The smallest absolute Gasteiger partial charge is 0.416 e. The zero-order valence-corrected chi connectivity index (χ0v) is 13.6. The summed E-state index contributed by atoms with van der Waals surface area (Å²) in [6.45, 7) is 0. The molecule has 22 heavy (non-hydrogen) atoms. The number of carboxylic acid groups (broad SMARTS) is 1. The summed E-state index contributed by atoms with van der Waals surface area (Å²) in [5.74, 6) is -0.936. The number of alkyl halides is 3. The summed E-state index contributed by atoms with van der Waals surface area (Å²) in [5.41, 5.74) is -2.10. The van der Waals surface area contributed by atoms with Crippen molar-refractivity contribution in [3.8, 4) is 5.75 Å². The van der Waals surface area contributed by atoms with Crippen molar-refractivity contribution in [3.05, 3.63) is 27.7 Å². The first-order valence-electron chi connectivity index (χ1n) is 6.91. The lowest BCUT2D eigenvalue weighted by molar-refractivity contribution is -0.146. The first kappa shape index (κ1) is 17.1. The second kappa shape index (κ2) is 6.10. The Labute approximate surface area is 134 Å². The predicted molar refractivity (Wildman–Crippen MR) is 78.1 cm³/mol. The molecular formula is C15H16BrF3O3. The maximum absolute atomic E-state index is 13.1. The van der Waals surface area contributed by atoms with Gasteiger partial charge in [0.15, 0.2) is 0 Å². The number of ether oxygens (including phenoxy) is 1. The molecule has 0 unspecified atom stereocenters. The lowest BCUT2D eigenvalue weighted by Crippen LogP contribution is -2.38. The Bertz CT molecular complexity index is 578. The third kappa shape index (κ3) is 2.95. The van der Waals surface area contributed by atoms with Crippen LogP contribution in [0.4, 0.5) is 13.2 Å². The second-order valence-corrected chi connectivity index (χ2v) is 6.34. The van der Waals surface area contributed by atoms with E-state index in [4.69, 9.17) is 4.74 Å². The number of benzene rings is 1. The van der Waals surface area contributed by atoms with Crippen LogP contribution in [0.25, 0.3) is 0 Å². The molecule has 1 aromatic carbocycles. The van der Waals surface area contributed by atoms with Crippen molar-refractivity contribution >= 4 is 21.9 Å². The van der Waals surface area contributed by atoms with Gasteiger partial charge < -0.3 is 9.84 Å². The van der Waals surface area contributed by atoms with Crippen LogP contribution in [0.2, 0.25) is 0 Å². The van der Waals surface area contributed by atoms with Crippen LogP contribution >= 0.6 is 15.9 Å². The molecule has 1 aromatic rings. The Morgan fingerprint density at radius 2 is 1.86 bits per heavy atom. The monoisotopic (exact) mass is 380 g/mol. The number of carbonyl (C=O) groups is 1. The maximum Gasteiger partial charge on any atom is 0.416 e. The van der Waals surface area contributed by atoms with E-state index in [-0.39, 0.29) is 15.8 Å². The Kier molecular flexibility index (Phi) is 4.75. The zero-order valence-electron chi connectivity index (χ0n) is 12.0. The largest absolute Gasteiger partial charge is 0.495 e. The topological polar surface area (TPSA) is 46.5 Å². The van der Waals surface area contributed by atoms with E-state index >= 15 is 0 Å². The van der Waals surface area contributed by atoms with Gasteiger partial charge in [0.1, 0.15) is 5.75 Å². The molecule has 1 aliphatic carbocycles. The van der Waals surface area contributed by atoms with E-state index in [1.165, 1.54) is 7.11 Å². The molecule has 0 bridgehead atoms. The minimum atomic E-state index is -4.54. The number of hydrogen-bond acceptors (Lipinski definition) is 2. The van der Waals surface area contributed by atoms with E-state index in [0.717, 1.165) is 18.6 Å². The minimum absolute atomic E-state index is 0.101. The summed E-state index contributed by atoms with van der Waals surface area (Å²) < 4.78 is 44.5. The van der Waals surface area contributed by atoms with E-state index in [1.807, 2.05) is 0 Å². The first-order chi connectivity index (χ1) is 10.2. The highest BCUT2D eigenvalue weighted by Gasteiger charge is 2.45. The molecule has 0 radical (unpaired) electrons. The number of hydrogen-bond donors (Lipinski definition) is 1. The molecule has 2 rings (SSSR count). The lowest BCUT2D eigenvalue weighted by Gasteiger charge is -2.35. The van der Waals surface area contributed by atoms with Crippen molar-refractivity contribution in [1.29, 1.82) is 0 Å². The van der Waals surface area contributed by atoms with Crippen LogP contribution in [0.15, 0.2) is 16.6 Å². The average molecular weight is 381 g/mol. The molecule has 0 saturated heterocycles. The number of halogens is 4. The molecule has 1 fully saturated rings. The molecule has 1 N–H and O–H groups in total. The molecule has 0 amide bonds. The summed E-state index contributed by atoms with van der Waals surface area (Å²) in [6, 6.07) is 1.84. The highest BCUT2D eigenvalue weighted by atomic mass is 79.9. The second-order valence-electron chi connectivity index (χ2n) is 5.48. The molecule has 0 atom stereocenters. The van der Waals surface area contributed by atoms with Crippen LogP contribution in [0.5, 0.6) is 5.75 Å². The van der Waals surface area contributed by atoms with Crippen LogP contribution in [-0.4, -0.2) is 18.2 Å². The van der Waals surface area contributed by atoms with E-state index in [9.17, 15) is 23.1 Å². The van der Waals surface area contributed by atoms with Crippen LogP contribution in [-0.2, 0) is 16.4 Å². The van der Waals surface area contributed by atoms with Crippen molar-refractivity contribution in [2.75, 3.05) is 7.11 Å². The Morgan fingerprint density at radius 1 is 1.27 bits per heavy atom. The Morgan fingerprint density at radius 3 is 2.32 bits per heavy atom. The summed E-state index contributed by atoms with van der Waals surface area (Å²) >= 11 is 3.07.